The minimum atomic E-state index is 0.119. The van der Waals surface area contributed by atoms with E-state index < -0.39 is 0 Å². The molecule has 90 valence electrons. The van der Waals surface area contributed by atoms with Crippen molar-refractivity contribution >= 4 is 17.7 Å². The molecule has 0 fully saturated rings. The molecule has 2 unspecified atom stereocenters. The number of hydrogen-bond donors (Lipinski definition) is 2. The van der Waals surface area contributed by atoms with Gasteiger partial charge in [-0.1, -0.05) is 20.3 Å². The highest BCUT2D eigenvalue weighted by Crippen LogP contribution is 2.10. The molecule has 0 aromatic carbocycles. The molecule has 0 heterocycles. The van der Waals surface area contributed by atoms with Crippen molar-refractivity contribution in [3.05, 3.63) is 0 Å². The lowest BCUT2D eigenvalue weighted by Crippen LogP contribution is -2.30. The fraction of sp³-hybridized carbons (Fsp3) is 0.909. The van der Waals surface area contributed by atoms with Gasteiger partial charge in [0.1, 0.15) is 0 Å². The number of rotatable bonds is 8. The molecule has 0 aliphatic carbocycles. The number of carbonyl (C=O) groups excluding carboxylic acids is 1. The van der Waals surface area contributed by atoms with E-state index in [9.17, 15) is 4.79 Å². The Bertz CT molecular complexity index is 176. The van der Waals surface area contributed by atoms with Crippen LogP contribution < -0.4 is 5.32 Å². The average molecular weight is 233 g/mol. The number of amides is 1. The summed E-state index contributed by atoms with van der Waals surface area (Å²) >= 11 is 1.70. The number of thioether (sulfide) groups is 1. The highest BCUT2D eigenvalue weighted by molar-refractivity contribution is 7.99. The third-order valence-electron chi connectivity index (χ3n) is 2.58. The van der Waals surface area contributed by atoms with Gasteiger partial charge in [-0.25, -0.2) is 0 Å². The second-order valence-corrected chi connectivity index (χ2v) is 5.12. The van der Waals surface area contributed by atoms with Crippen LogP contribution in [-0.4, -0.2) is 35.7 Å². The van der Waals surface area contributed by atoms with Gasteiger partial charge in [0.15, 0.2) is 0 Å². The summed E-state index contributed by atoms with van der Waals surface area (Å²) in [6.07, 6.45) is 4.36. The summed E-state index contributed by atoms with van der Waals surface area (Å²) in [5.41, 5.74) is 0. The predicted molar refractivity (Wildman–Crippen MR) is 66.1 cm³/mol. The first-order chi connectivity index (χ1) is 7.13. The van der Waals surface area contributed by atoms with Crippen LogP contribution in [0.5, 0.6) is 0 Å². The van der Waals surface area contributed by atoms with Gasteiger partial charge in [0.05, 0.1) is 0 Å². The van der Waals surface area contributed by atoms with Crippen molar-refractivity contribution in [2.75, 3.05) is 19.4 Å². The van der Waals surface area contributed by atoms with Gasteiger partial charge in [-0.3, -0.25) is 4.79 Å². The summed E-state index contributed by atoms with van der Waals surface area (Å²) in [6.45, 7) is 5.03. The number of aliphatic hydroxyl groups excluding tert-OH is 1. The molecule has 0 spiro atoms. The van der Waals surface area contributed by atoms with Crippen LogP contribution in [0.3, 0.4) is 0 Å². The Kier molecular flexibility index (Phi) is 8.91. The van der Waals surface area contributed by atoms with Crippen molar-refractivity contribution in [3.63, 3.8) is 0 Å². The first-order valence-corrected chi connectivity index (χ1v) is 6.83. The minimum Gasteiger partial charge on any atom is -0.396 e. The lowest BCUT2D eigenvalue weighted by atomic mass is 10.0. The SMILES string of the molecule is CCC(CCO)CNC(=O)CC(C)SC. The third-order valence-corrected chi connectivity index (χ3v) is 3.55. The minimum absolute atomic E-state index is 0.119. The maximum absolute atomic E-state index is 11.5. The number of aliphatic hydroxyl groups is 1. The molecule has 4 heteroatoms. The Balaban J connectivity index is 3.68. The lowest BCUT2D eigenvalue weighted by molar-refractivity contribution is -0.121. The van der Waals surface area contributed by atoms with Crippen molar-refractivity contribution in [3.8, 4) is 0 Å². The number of carbonyl (C=O) groups is 1. The van der Waals surface area contributed by atoms with Crippen LogP contribution in [0, 0.1) is 5.92 Å². The van der Waals surface area contributed by atoms with Gasteiger partial charge in [-0.05, 0) is 18.6 Å². The molecule has 0 aliphatic rings. The smallest absolute Gasteiger partial charge is 0.221 e. The maximum Gasteiger partial charge on any atom is 0.221 e. The van der Waals surface area contributed by atoms with Gasteiger partial charge in [0.2, 0.25) is 5.91 Å². The largest absolute Gasteiger partial charge is 0.396 e. The zero-order valence-corrected chi connectivity index (χ0v) is 10.8. The molecule has 0 bridgehead atoms. The molecule has 0 radical (unpaired) electrons. The van der Waals surface area contributed by atoms with E-state index in [4.69, 9.17) is 5.11 Å². The normalized spacial score (nSPS) is 14.7. The highest BCUT2D eigenvalue weighted by atomic mass is 32.2. The van der Waals surface area contributed by atoms with E-state index in [1.807, 2.05) is 6.26 Å². The van der Waals surface area contributed by atoms with Crippen LogP contribution in [0.2, 0.25) is 0 Å². The van der Waals surface area contributed by atoms with Crippen molar-refractivity contribution in [1.29, 1.82) is 0 Å². The van der Waals surface area contributed by atoms with E-state index in [1.165, 1.54) is 0 Å². The Morgan fingerprint density at radius 1 is 1.53 bits per heavy atom. The Labute approximate surface area is 97.0 Å². The van der Waals surface area contributed by atoms with E-state index in [2.05, 4.69) is 19.2 Å². The summed E-state index contributed by atoms with van der Waals surface area (Å²) in [5, 5.41) is 12.1. The zero-order chi connectivity index (χ0) is 11.7. The third kappa shape index (κ3) is 7.68. The quantitative estimate of drug-likeness (QED) is 0.670. The van der Waals surface area contributed by atoms with Crippen molar-refractivity contribution < 1.29 is 9.90 Å². The second-order valence-electron chi connectivity index (χ2n) is 3.84. The van der Waals surface area contributed by atoms with E-state index in [0.29, 0.717) is 24.1 Å². The van der Waals surface area contributed by atoms with Gasteiger partial charge >= 0.3 is 0 Å². The first-order valence-electron chi connectivity index (χ1n) is 5.54. The van der Waals surface area contributed by atoms with Gasteiger partial charge < -0.3 is 10.4 Å². The summed E-state index contributed by atoms with van der Waals surface area (Å²) in [6, 6.07) is 0. The van der Waals surface area contributed by atoms with Gasteiger partial charge in [0, 0.05) is 24.8 Å². The maximum atomic E-state index is 11.5. The van der Waals surface area contributed by atoms with Crippen LogP contribution in [0.4, 0.5) is 0 Å². The fourth-order valence-electron chi connectivity index (χ4n) is 1.31. The molecule has 0 aromatic rings. The molecule has 0 rings (SSSR count). The summed E-state index contributed by atoms with van der Waals surface area (Å²) < 4.78 is 0. The number of hydrogen-bond acceptors (Lipinski definition) is 3. The molecule has 0 saturated heterocycles. The molecule has 0 saturated carbocycles. The van der Waals surface area contributed by atoms with Crippen LogP contribution in [-0.2, 0) is 4.79 Å². The molecule has 15 heavy (non-hydrogen) atoms. The van der Waals surface area contributed by atoms with Gasteiger partial charge in [-0.2, -0.15) is 11.8 Å². The van der Waals surface area contributed by atoms with E-state index >= 15 is 0 Å². The molecule has 3 nitrogen and oxygen atoms in total. The second kappa shape index (κ2) is 9.04. The van der Waals surface area contributed by atoms with E-state index in [-0.39, 0.29) is 12.5 Å². The van der Waals surface area contributed by atoms with E-state index in [0.717, 1.165) is 12.8 Å². The Morgan fingerprint density at radius 2 is 2.20 bits per heavy atom. The molecule has 1 amide bonds. The summed E-state index contributed by atoms with van der Waals surface area (Å²) in [5.74, 6) is 0.525. The van der Waals surface area contributed by atoms with Crippen LogP contribution in [0.25, 0.3) is 0 Å². The van der Waals surface area contributed by atoms with Crippen molar-refractivity contribution in [2.45, 2.75) is 38.4 Å². The molecule has 2 atom stereocenters. The van der Waals surface area contributed by atoms with Crippen LogP contribution >= 0.6 is 11.8 Å². The van der Waals surface area contributed by atoms with Crippen LogP contribution in [0.1, 0.15) is 33.1 Å². The summed E-state index contributed by atoms with van der Waals surface area (Å²) in [4.78, 5) is 11.5. The molecule has 0 aromatic heterocycles. The zero-order valence-electron chi connectivity index (χ0n) is 9.95. The van der Waals surface area contributed by atoms with Gasteiger partial charge in [-0.15, -0.1) is 0 Å². The molecule has 0 aliphatic heterocycles. The van der Waals surface area contributed by atoms with Gasteiger partial charge in [0.25, 0.3) is 0 Å². The predicted octanol–water partition coefficient (Wildman–Crippen LogP) is 1.65. The Hall–Kier alpha value is -0.220. The molecular weight excluding hydrogens is 210 g/mol. The number of nitrogens with one attached hydrogen (secondary N) is 1. The van der Waals surface area contributed by atoms with Crippen molar-refractivity contribution in [2.24, 2.45) is 5.92 Å². The standard InChI is InChI=1S/C11H23NO2S/c1-4-10(5-6-13)8-12-11(14)7-9(2)15-3/h9-10,13H,4-8H2,1-3H3,(H,12,14). The molecular formula is C11H23NO2S. The van der Waals surface area contributed by atoms with Crippen LogP contribution in [0.15, 0.2) is 0 Å². The topological polar surface area (TPSA) is 49.3 Å². The lowest BCUT2D eigenvalue weighted by Gasteiger charge is -2.15. The average Bonchev–Trinajstić information content (AvgIpc) is 2.23. The first kappa shape index (κ1) is 14.8. The monoisotopic (exact) mass is 233 g/mol. The highest BCUT2D eigenvalue weighted by Gasteiger charge is 2.10. The Morgan fingerprint density at radius 3 is 2.67 bits per heavy atom. The van der Waals surface area contributed by atoms with Crippen molar-refractivity contribution in [1.82, 2.24) is 5.32 Å². The summed E-state index contributed by atoms with van der Waals surface area (Å²) in [7, 11) is 0. The molecule has 2 N–H and O–H groups in total. The van der Waals surface area contributed by atoms with E-state index in [1.54, 1.807) is 11.8 Å². The fourth-order valence-corrected chi connectivity index (χ4v) is 1.63.